The Bertz CT molecular complexity index is 1610. The van der Waals surface area contributed by atoms with E-state index in [0.29, 0.717) is 12.8 Å². The van der Waals surface area contributed by atoms with Gasteiger partial charge in [0.2, 0.25) is 5.91 Å². The summed E-state index contributed by atoms with van der Waals surface area (Å²) in [5.74, 6) is -0.250. The highest BCUT2D eigenvalue weighted by atomic mass is 16.7. The lowest BCUT2D eigenvalue weighted by Crippen LogP contribution is -2.65. The van der Waals surface area contributed by atoms with Crippen molar-refractivity contribution in [2.45, 2.75) is 376 Å². The number of ether oxygens (including phenoxy) is 4. The highest BCUT2D eigenvalue weighted by Gasteiger charge is 2.51. The number of allylic oxidation sites excluding steroid dienone is 7. The molecule has 2 aliphatic heterocycles. The first-order valence-corrected chi connectivity index (χ1v) is 35.4. The van der Waals surface area contributed by atoms with Gasteiger partial charge in [-0.2, -0.15) is 0 Å². The summed E-state index contributed by atoms with van der Waals surface area (Å²) in [6, 6.07) is -0.937. The second-order valence-electron chi connectivity index (χ2n) is 25.0. The molecule has 2 rings (SSSR count). The monoisotopic (exact) mass is 1210 g/mol. The molecule has 14 heteroatoms. The van der Waals surface area contributed by atoms with Crippen molar-refractivity contribution in [3.63, 3.8) is 0 Å². The summed E-state index contributed by atoms with van der Waals surface area (Å²) in [6.45, 7) is 2.77. The second kappa shape index (κ2) is 56.0. The van der Waals surface area contributed by atoms with E-state index in [-0.39, 0.29) is 18.9 Å². The molecule has 85 heavy (non-hydrogen) atoms. The fraction of sp³-hybridized carbons (Fsp3) is 0.873. The first-order chi connectivity index (χ1) is 41.6. The van der Waals surface area contributed by atoms with Crippen LogP contribution in [0.3, 0.4) is 0 Å². The Morgan fingerprint density at radius 2 is 0.753 bits per heavy atom. The second-order valence-corrected chi connectivity index (χ2v) is 25.0. The smallest absolute Gasteiger partial charge is 0.220 e. The molecule has 9 N–H and O–H groups in total. The van der Waals surface area contributed by atoms with Gasteiger partial charge in [-0.3, -0.25) is 4.79 Å². The molecule has 2 fully saturated rings. The Balaban J connectivity index is 1.58. The quantitative estimate of drug-likeness (QED) is 0.0204. The van der Waals surface area contributed by atoms with Crippen LogP contribution in [0, 0.1) is 0 Å². The standard InChI is InChI=1S/C71H131NO13/c1-3-5-7-9-11-13-15-17-19-20-21-22-23-24-25-26-27-28-29-30-31-32-33-34-35-36-37-38-39-40-41-43-45-47-49-51-53-55-63(76)72-59(60(75)54-52-50-48-46-44-42-18-16-14-12-10-8-6-4-2)58-82-70-68(81)66(79)69(62(57-74)84-70)85-71-67(80)65(78)64(77)61(56-73)83-71/h14,16,20-21,44,46,52,54,59-62,64-71,73-75,77-81H,3-13,15,17-19,22-43,45,47-51,53,55-58H2,1-2H3,(H,72,76)/b16-14+,21-20-,46-44+,54-52+. The minimum absolute atomic E-state index is 0.250. The Kier molecular flexibility index (Phi) is 52.1. The summed E-state index contributed by atoms with van der Waals surface area (Å²) >= 11 is 0. The van der Waals surface area contributed by atoms with Gasteiger partial charge in [0.1, 0.15) is 48.8 Å². The number of carbonyl (C=O) groups excluding carboxylic acids is 1. The van der Waals surface area contributed by atoms with Crippen molar-refractivity contribution >= 4 is 5.91 Å². The Morgan fingerprint density at radius 1 is 0.412 bits per heavy atom. The predicted octanol–water partition coefficient (Wildman–Crippen LogP) is 14.3. The molecule has 0 aromatic rings. The summed E-state index contributed by atoms with van der Waals surface area (Å²) in [4.78, 5) is 13.3. The van der Waals surface area contributed by atoms with Crippen LogP contribution in [-0.4, -0.2) is 140 Å². The summed E-state index contributed by atoms with van der Waals surface area (Å²) in [5.41, 5.74) is 0. The van der Waals surface area contributed by atoms with E-state index in [9.17, 15) is 45.6 Å². The third kappa shape index (κ3) is 40.3. The largest absolute Gasteiger partial charge is 0.394 e. The number of amides is 1. The molecular formula is C71H131NO13. The fourth-order valence-electron chi connectivity index (χ4n) is 11.6. The lowest BCUT2D eigenvalue weighted by Gasteiger charge is -2.46. The number of rotatable bonds is 58. The molecule has 0 aromatic heterocycles. The Hall–Kier alpha value is -2.05. The van der Waals surface area contributed by atoms with E-state index in [4.69, 9.17) is 18.9 Å². The topological polar surface area (TPSA) is 228 Å². The normalized spacial score (nSPS) is 23.8. The molecule has 1 amide bonds. The van der Waals surface area contributed by atoms with Crippen molar-refractivity contribution in [2.75, 3.05) is 19.8 Å². The number of hydrogen-bond acceptors (Lipinski definition) is 13. The number of aliphatic hydroxyl groups excluding tert-OH is 8. The predicted molar refractivity (Wildman–Crippen MR) is 346 cm³/mol. The average Bonchev–Trinajstić information content (AvgIpc) is 3.64. The SMILES string of the molecule is CCCCCC/C=C/CC/C=C/CC/C=C/C(O)C(COC1OC(CO)C(OC2OC(CO)C(O)C(O)C2O)C(O)C1O)NC(=O)CCCCCCCCCCCCCCCCCCCCCCCCCCC/C=C\CCCCCCCCCC. The van der Waals surface area contributed by atoms with Crippen LogP contribution in [0.25, 0.3) is 0 Å². The van der Waals surface area contributed by atoms with E-state index in [2.05, 4.69) is 55.6 Å². The molecule has 2 saturated heterocycles. The number of aliphatic hydroxyl groups is 8. The number of carbonyl (C=O) groups is 1. The molecule has 0 radical (unpaired) electrons. The molecular weight excluding hydrogens is 1070 g/mol. The van der Waals surface area contributed by atoms with E-state index in [0.717, 1.165) is 44.9 Å². The molecule has 0 aromatic carbocycles. The van der Waals surface area contributed by atoms with Crippen LogP contribution in [0.5, 0.6) is 0 Å². The third-order valence-corrected chi connectivity index (χ3v) is 17.2. The molecule has 0 spiro atoms. The molecule has 0 saturated carbocycles. The highest BCUT2D eigenvalue weighted by molar-refractivity contribution is 5.76. The van der Waals surface area contributed by atoms with Gasteiger partial charge in [0.15, 0.2) is 12.6 Å². The summed E-state index contributed by atoms with van der Waals surface area (Å²) < 4.78 is 22.8. The zero-order valence-electron chi connectivity index (χ0n) is 54.1. The lowest BCUT2D eigenvalue weighted by atomic mass is 9.97. The minimum Gasteiger partial charge on any atom is -0.394 e. The van der Waals surface area contributed by atoms with Crippen LogP contribution in [-0.2, 0) is 23.7 Å². The van der Waals surface area contributed by atoms with Gasteiger partial charge < -0.3 is 65.1 Å². The molecule has 2 aliphatic rings. The zero-order valence-corrected chi connectivity index (χ0v) is 54.1. The van der Waals surface area contributed by atoms with Crippen LogP contribution in [0.1, 0.15) is 303 Å². The van der Waals surface area contributed by atoms with Crippen LogP contribution in [0.15, 0.2) is 48.6 Å². The van der Waals surface area contributed by atoms with E-state index < -0.39 is 86.8 Å². The van der Waals surface area contributed by atoms with Crippen molar-refractivity contribution < 1.29 is 64.6 Å². The van der Waals surface area contributed by atoms with E-state index in [1.807, 2.05) is 6.08 Å². The molecule has 14 nitrogen and oxygen atoms in total. The van der Waals surface area contributed by atoms with Gasteiger partial charge in [-0.15, -0.1) is 0 Å². The molecule has 12 unspecified atom stereocenters. The summed E-state index contributed by atoms with van der Waals surface area (Å²) in [5, 5.41) is 87.2. The maximum Gasteiger partial charge on any atom is 0.220 e. The van der Waals surface area contributed by atoms with Gasteiger partial charge in [0.05, 0.1) is 32.0 Å². The van der Waals surface area contributed by atoms with Gasteiger partial charge in [-0.25, -0.2) is 0 Å². The number of hydrogen-bond donors (Lipinski definition) is 9. The van der Waals surface area contributed by atoms with Crippen molar-refractivity contribution in [3.8, 4) is 0 Å². The highest BCUT2D eigenvalue weighted by Crippen LogP contribution is 2.30. The van der Waals surface area contributed by atoms with Gasteiger partial charge in [0.25, 0.3) is 0 Å². The van der Waals surface area contributed by atoms with Crippen molar-refractivity contribution in [1.82, 2.24) is 5.32 Å². The van der Waals surface area contributed by atoms with Crippen LogP contribution < -0.4 is 5.32 Å². The van der Waals surface area contributed by atoms with E-state index >= 15 is 0 Å². The lowest BCUT2D eigenvalue weighted by molar-refractivity contribution is -0.359. The van der Waals surface area contributed by atoms with Crippen LogP contribution in [0.4, 0.5) is 0 Å². The van der Waals surface area contributed by atoms with Gasteiger partial charge in [0, 0.05) is 6.42 Å². The van der Waals surface area contributed by atoms with Crippen LogP contribution in [0.2, 0.25) is 0 Å². The molecule has 2 heterocycles. The molecule has 0 bridgehead atoms. The van der Waals surface area contributed by atoms with Crippen molar-refractivity contribution in [1.29, 1.82) is 0 Å². The maximum absolute atomic E-state index is 13.3. The molecule has 0 aliphatic carbocycles. The molecule has 12 atom stereocenters. The fourth-order valence-corrected chi connectivity index (χ4v) is 11.6. The maximum atomic E-state index is 13.3. The zero-order chi connectivity index (χ0) is 61.6. The average molecular weight is 1210 g/mol. The summed E-state index contributed by atoms with van der Waals surface area (Å²) in [6.07, 6.45) is 56.3. The number of nitrogens with one attached hydrogen (secondary N) is 1. The minimum atomic E-state index is -1.79. The van der Waals surface area contributed by atoms with Crippen molar-refractivity contribution in [3.05, 3.63) is 48.6 Å². The van der Waals surface area contributed by atoms with Gasteiger partial charge in [-0.05, 0) is 70.6 Å². The van der Waals surface area contributed by atoms with Gasteiger partial charge >= 0.3 is 0 Å². The first-order valence-electron chi connectivity index (χ1n) is 35.4. The first kappa shape index (κ1) is 79.0. The summed E-state index contributed by atoms with van der Waals surface area (Å²) in [7, 11) is 0. The van der Waals surface area contributed by atoms with Crippen molar-refractivity contribution in [2.24, 2.45) is 0 Å². The number of unbranched alkanes of at least 4 members (excludes halogenated alkanes) is 39. The molecule has 498 valence electrons. The van der Waals surface area contributed by atoms with E-state index in [1.54, 1.807) is 6.08 Å². The van der Waals surface area contributed by atoms with E-state index in [1.165, 1.54) is 225 Å². The Labute approximate surface area is 518 Å². The van der Waals surface area contributed by atoms with Gasteiger partial charge in [-0.1, -0.05) is 274 Å². The Morgan fingerprint density at radius 3 is 1.16 bits per heavy atom. The van der Waals surface area contributed by atoms with Crippen LogP contribution >= 0.6 is 0 Å². The third-order valence-electron chi connectivity index (χ3n) is 17.2.